The maximum atomic E-state index is 3.80. The molecule has 2 nitrogen and oxygen atoms in total. The molecule has 0 spiro atoms. The van der Waals surface area contributed by atoms with E-state index in [0.29, 0.717) is 11.6 Å². The zero-order valence-electron chi connectivity index (χ0n) is 14.1. The average molecular weight is 268 g/mol. The Labute approximate surface area is 121 Å². The zero-order chi connectivity index (χ0) is 14.5. The summed E-state index contributed by atoms with van der Waals surface area (Å²) in [4.78, 5) is 2.80. The average Bonchev–Trinajstić information content (AvgIpc) is 2.38. The van der Waals surface area contributed by atoms with Crippen molar-refractivity contribution in [2.45, 2.75) is 78.8 Å². The highest BCUT2D eigenvalue weighted by atomic mass is 15.3. The predicted molar refractivity (Wildman–Crippen MR) is 85.6 cm³/mol. The van der Waals surface area contributed by atoms with Crippen molar-refractivity contribution in [3.63, 3.8) is 0 Å². The first-order chi connectivity index (χ1) is 8.95. The fraction of sp³-hybridized carbons (Fsp3) is 1.00. The van der Waals surface area contributed by atoms with E-state index in [0.717, 1.165) is 11.8 Å². The van der Waals surface area contributed by atoms with Gasteiger partial charge in [-0.05, 0) is 44.1 Å². The van der Waals surface area contributed by atoms with E-state index in [4.69, 9.17) is 0 Å². The van der Waals surface area contributed by atoms with E-state index in [1.165, 1.54) is 45.3 Å². The molecule has 0 aromatic rings. The van der Waals surface area contributed by atoms with Gasteiger partial charge in [-0.3, -0.25) is 4.90 Å². The first-order valence-corrected chi connectivity index (χ1v) is 8.43. The lowest BCUT2D eigenvalue weighted by molar-refractivity contribution is 0.0206. The van der Waals surface area contributed by atoms with Crippen LogP contribution in [0.25, 0.3) is 0 Å². The molecule has 19 heavy (non-hydrogen) atoms. The topological polar surface area (TPSA) is 15.3 Å². The minimum absolute atomic E-state index is 0.405. The Bertz CT molecular complexity index is 244. The molecule has 0 aromatic heterocycles. The van der Waals surface area contributed by atoms with Crippen molar-refractivity contribution >= 4 is 0 Å². The van der Waals surface area contributed by atoms with E-state index in [-0.39, 0.29) is 0 Å². The van der Waals surface area contributed by atoms with Gasteiger partial charge in [-0.25, -0.2) is 0 Å². The summed E-state index contributed by atoms with van der Waals surface area (Å²) in [5.74, 6) is 1.57. The zero-order valence-corrected chi connectivity index (χ0v) is 14.1. The third kappa shape index (κ3) is 4.46. The van der Waals surface area contributed by atoms with E-state index in [1.807, 2.05) is 0 Å². The minimum Gasteiger partial charge on any atom is -0.311 e. The number of piperazine rings is 1. The second-order valence-electron chi connectivity index (χ2n) is 7.14. The van der Waals surface area contributed by atoms with Crippen LogP contribution in [0.15, 0.2) is 0 Å². The summed E-state index contributed by atoms with van der Waals surface area (Å²) in [6.45, 7) is 17.8. The van der Waals surface area contributed by atoms with Crippen LogP contribution in [0.3, 0.4) is 0 Å². The van der Waals surface area contributed by atoms with Gasteiger partial charge in [0.05, 0.1) is 0 Å². The molecular weight excluding hydrogens is 232 g/mol. The predicted octanol–water partition coefficient (Wildman–Crippen LogP) is 3.91. The van der Waals surface area contributed by atoms with Crippen molar-refractivity contribution in [3.05, 3.63) is 0 Å². The van der Waals surface area contributed by atoms with Gasteiger partial charge < -0.3 is 5.32 Å². The second kappa shape index (κ2) is 7.64. The molecule has 1 atom stereocenters. The second-order valence-corrected chi connectivity index (χ2v) is 7.14. The van der Waals surface area contributed by atoms with Crippen LogP contribution in [0.4, 0.5) is 0 Å². The molecule has 1 N–H and O–H groups in total. The number of nitrogens with one attached hydrogen (secondary N) is 1. The van der Waals surface area contributed by atoms with Crippen LogP contribution in [0.1, 0.15) is 67.2 Å². The molecule has 1 saturated heterocycles. The number of hydrogen-bond donors (Lipinski definition) is 1. The minimum atomic E-state index is 0.405. The van der Waals surface area contributed by atoms with Gasteiger partial charge in [-0.1, -0.05) is 41.5 Å². The lowest BCUT2D eigenvalue weighted by atomic mass is 9.85. The van der Waals surface area contributed by atoms with Gasteiger partial charge in [0.15, 0.2) is 0 Å². The highest BCUT2D eigenvalue weighted by molar-refractivity contribution is 4.98. The van der Waals surface area contributed by atoms with Crippen molar-refractivity contribution in [2.24, 2.45) is 11.8 Å². The van der Waals surface area contributed by atoms with Crippen molar-refractivity contribution in [1.82, 2.24) is 10.2 Å². The molecule has 2 heteroatoms. The van der Waals surface area contributed by atoms with E-state index < -0.39 is 0 Å². The van der Waals surface area contributed by atoms with Crippen LogP contribution in [0.5, 0.6) is 0 Å². The molecule has 0 amide bonds. The highest BCUT2D eigenvalue weighted by Crippen LogP contribution is 2.29. The lowest BCUT2D eigenvalue weighted by Gasteiger charge is -2.50. The standard InChI is InChI=1S/C17H36N2/c1-7-17(8-2)13-18-16(15(5)6)12-19(17)11-9-10-14(3)4/h14-16,18H,7-13H2,1-6H3. The Morgan fingerprint density at radius 1 is 1.16 bits per heavy atom. The molecule has 0 saturated carbocycles. The molecule has 0 aliphatic carbocycles. The summed E-state index contributed by atoms with van der Waals surface area (Å²) in [6, 6.07) is 0.672. The monoisotopic (exact) mass is 268 g/mol. The molecule has 0 radical (unpaired) electrons. The summed E-state index contributed by atoms with van der Waals surface area (Å²) < 4.78 is 0. The Balaban J connectivity index is 2.65. The largest absolute Gasteiger partial charge is 0.311 e. The third-order valence-corrected chi connectivity index (χ3v) is 5.11. The van der Waals surface area contributed by atoms with E-state index in [2.05, 4.69) is 51.8 Å². The van der Waals surface area contributed by atoms with Crippen LogP contribution in [0, 0.1) is 11.8 Å². The van der Waals surface area contributed by atoms with Gasteiger partial charge in [0.1, 0.15) is 0 Å². The van der Waals surface area contributed by atoms with E-state index >= 15 is 0 Å². The molecule has 1 aliphatic heterocycles. The number of nitrogens with zero attached hydrogens (tertiary/aromatic N) is 1. The fourth-order valence-corrected chi connectivity index (χ4v) is 3.34. The highest BCUT2D eigenvalue weighted by Gasteiger charge is 2.38. The van der Waals surface area contributed by atoms with Gasteiger partial charge >= 0.3 is 0 Å². The van der Waals surface area contributed by atoms with E-state index in [9.17, 15) is 0 Å². The van der Waals surface area contributed by atoms with Crippen molar-refractivity contribution < 1.29 is 0 Å². The van der Waals surface area contributed by atoms with Crippen LogP contribution < -0.4 is 5.32 Å². The number of hydrogen-bond acceptors (Lipinski definition) is 2. The summed E-state index contributed by atoms with van der Waals surface area (Å²) in [5, 5.41) is 3.80. The Kier molecular flexibility index (Phi) is 6.82. The van der Waals surface area contributed by atoms with Crippen LogP contribution in [0.2, 0.25) is 0 Å². The summed E-state index contributed by atoms with van der Waals surface area (Å²) in [6.07, 6.45) is 5.25. The van der Waals surface area contributed by atoms with Crippen molar-refractivity contribution in [3.8, 4) is 0 Å². The Hall–Kier alpha value is -0.0800. The summed E-state index contributed by atoms with van der Waals surface area (Å²) >= 11 is 0. The molecule has 1 aliphatic rings. The van der Waals surface area contributed by atoms with Gasteiger partial charge in [0.25, 0.3) is 0 Å². The molecule has 0 aromatic carbocycles. The Morgan fingerprint density at radius 2 is 1.79 bits per heavy atom. The fourth-order valence-electron chi connectivity index (χ4n) is 3.34. The molecule has 1 unspecified atom stereocenters. The van der Waals surface area contributed by atoms with Crippen LogP contribution in [-0.4, -0.2) is 36.1 Å². The van der Waals surface area contributed by atoms with Gasteiger partial charge in [0, 0.05) is 24.7 Å². The van der Waals surface area contributed by atoms with Crippen molar-refractivity contribution in [2.75, 3.05) is 19.6 Å². The summed E-state index contributed by atoms with van der Waals surface area (Å²) in [7, 11) is 0. The third-order valence-electron chi connectivity index (χ3n) is 5.11. The maximum Gasteiger partial charge on any atom is 0.0329 e. The number of rotatable bonds is 7. The van der Waals surface area contributed by atoms with Crippen molar-refractivity contribution in [1.29, 1.82) is 0 Å². The van der Waals surface area contributed by atoms with Gasteiger partial charge in [-0.2, -0.15) is 0 Å². The van der Waals surface area contributed by atoms with Crippen LogP contribution >= 0.6 is 0 Å². The maximum absolute atomic E-state index is 3.80. The molecule has 0 bridgehead atoms. The molecule has 1 heterocycles. The summed E-state index contributed by atoms with van der Waals surface area (Å²) in [5.41, 5.74) is 0.405. The van der Waals surface area contributed by atoms with E-state index in [1.54, 1.807) is 0 Å². The molecule has 1 rings (SSSR count). The smallest absolute Gasteiger partial charge is 0.0329 e. The quantitative estimate of drug-likeness (QED) is 0.753. The normalized spacial score (nSPS) is 24.3. The SMILES string of the molecule is CCC1(CC)CNC(C(C)C)CN1CCCC(C)C. The van der Waals surface area contributed by atoms with Gasteiger partial charge in [0.2, 0.25) is 0 Å². The molecule has 114 valence electrons. The first kappa shape index (κ1) is 17.0. The first-order valence-electron chi connectivity index (χ1n) is 8.43. The lowest BCUT2D eigenvalue weighted by Crippen LogP contribution is -2.65. The Morgan fingerprint density at radius 3 is 2.26 bits per heavy atom. The molecular formula is C17H36N2. The van der Waals surface area contributed by atoms with Crippen LogP contribution in [-0.2, 0) is 0 Å². The van der Waals surface area contributed by atoms with Gasteiger partial charge in [-0.15, -0.1) is 0 Å². The molecule has 1 fully saturated rings.